The maximum atomic E-state index is 12.8. The molecule has 2 aromatic heterocycles. The molecule has 0 radical (unpaired) electrons. The van der Waals surface area contributed by atoms with Crippen molar-refractivity contribution < 1.29 is 9.53 Å². The zero-order valence-corrected chi connectivity index (χ0v) is 16.3. The first-order chi connectivity index (χ1) is 14.2. The molecule has 0 bridgehead atoms. The van der Waals surface area contributed by atoms with Gasteiger partial charge in [0.05, 0.1) is 30.0 Å². The molecule has 2 aliphatic heterocycles. The van der Waals surface area contributed by atoms with E-state index in [-0.39, 0.29) is 5.91 Å². The number of aromatic nitrogens is 3. The number of anilines is 2. The predicted molar refractivity (Wildman–Crippen MR) is 110 cm³/mol. The van der Waals surface area contributed by atoms with Crippen molar-refractivity contribution in [2.45, 2.75) is 13.5 Å². The minimum atomic E-state index is -0.326. The van der Waals surface area contributed by atoms with Crippen molar-refractivity contribution >= 4 is 28.3 Å². The Morgan fingerprint density at radius 3 is 2.90 bits per heavy atom. The van der Waals surface area contributed by atoms with Crippen molar-refractivity contribution in [3.05, 3.63) is 53.4 Å². The van der Waals surface area contributed by atoms with Gasteiger partial charge in [0, 0.05) is 43.4 Å². The van der Waals surface area contributed by atoms with Crippen LogP contribution >= 0.6 is 0 Å². The van der Waals surface area contributed by atoms with Gasteiger partial charge in [0.25, 0.3) is 5.91 Å². The van der Waals surface area contributed by atoms with Crippen molar-refractivity contribution in [2.75, 3.05) is 43.1 Å². The number of morpholine rings is 1. The molecule has 0 aliphatic carbocycles. The topological polar surface area (TPSA) is 84.6 Å². The van der Waals surface area contributed by atoms with Crippen molar-refractivity contribution in [2.24, 2.45) is 4.99 Å². The number of nitrogens with zero attached hydrogens (tertiary/aromatic N) is 5. The number of fused-ring (bicyclic) bond motifs is 3. The van der Waals surface area contributed by atoms with Crippen LogP contribution in [0.1, 0.15) is 16.1 Å². The van der Waals surface area contributed by atoms with Crippen LogP contribution in [-0.2, 0) is 11.3 Å². The monoisotopic (exact) mass is 390 g/mol. The summed E-state index contributed by atoms with van der Waals surface area (Å²) in [6.07, 6.45) is 1.67. The summed E-state index contributed by atoms with van der Waals surface area (Å²) in [5.74, 6) is 0.631. The second kappa shape index (κ2) is 7.29. The fraction of sp³-hybridized carbons (Fsp3) is 0.333. The van der Waals surface area contributed by atoms with E-state index in [2.05, 4.69) is 38.4 Å². The zero-order valence-electron chi connectivity index (χ0n) is 16.3. The standard InChI is InChI=1S/C21H22N6O2/c1-14-16(3-2-6-22-14)20(28)25-21-24-18-13-15(26-9-11-29-12-10-26)4-5-17(18)19-23-7-8-27(19)21/h2-6,13,23H,7-12H2,1H3. The normalized spacial score (nSPS) is 16.7. The Balaban J connectivity index is 1.63. The quantitative estimate of drug-likeness (QED) is 0.718. The van der Waals surface area contributed by atoms with E-state index in [1.807, 2.05) is 11.5 Å². The third kappa shape index (κ3) is 3.25. The van der Waals surface area contributed by atoms with Crippen molar-refractivity contribution in [3.8, 4) is 0 Å². The molecule has 0 saturated carbocycles. The fourth-order valence-electron chi connectivity index (χ4n) is 3.88. The number of pyridine rings is 1. The van der Waals surface area contributed by atoms with Crippen LogP contribution in [0.5, 0.6) is 0 Å². The minimum Gasteiger partial charge on any atom is -0.378 e. The number of carbonyl (C=O) groups excluding carboxylic acids is 1. The second-order valence-corrected chi connectivity index (χ2v) is 7.19. The lowest BCUT2D eigenvalue weighted by Gasteiger charge is -2.29. The number of nitrogens with one attached hydrogen (secondary N) is 1. The molecule has 3 aromatic rings. The van der Waals surface area contributed by atoms with Gasteiger partial charge in [0.2, 0.25) is 5.62 Å². The number of aryl methyl sites for hydroxylation is 1. The SMILES string of the molecule is Cc1ncccc1C(=O)N=c1nc2cc(N3CCOCC3)ccc2c2n1CCN2. The molecule has 1 fully saturated rings. The van der Waals surface area contributed by atoms with Gasteiger partial charge in [-0.1, -0.05) is 0 Å². The first kappa shape index (κ1) is 17.8. The maximum absolute atomic E-state index is 12.8. The molecule has 1 N–H and O–H groups in total. The number of hydrogen-bond donors (Lipinski definition) is 1. The van der Waals surface area contributed by atoms with Gasteiger partial charge in [-0.05, 0) is 37.3 Å². The maximum Gasteiger partial charge on any atom is 0.282 e. The summed E-state index contributed by atoms with van der Waals surface area (Å²) in [5.41, 5.74) is 3.51. The predicted octanol–water partition coefficient (Wildman–Crippen LogP) is 1.74. The number of hydrogen-bond acceptors (Lipinski definition) is 6. The molecule has 1 saturated heterocycles. The van der Waals surface area contributed by atoms with Crippen LogP contribution in [0.25, 0.3) is 10.9 Å². The number of rotatable bonds is 2. The van der Waals surface area contributed by atoms with Crippen LogP contribution in [0.2, 0.25) is 0 Å². The van der Waals surface area contributed by atoms with Gasteiger partial charge in [0.1, 0.15) is 5.82 Å². The molecule has 1 aromatic carbocycles. The summed E-state index contributed by atoms with van der Waals surface area (Å²) in [4.78, 5) is 28.4. The second-order valence-electron chi connectivity index (χ2n) is 7.19. The summed E-state index contributed by atoms with van der Waals surface area (Å²) in [7, 11) is 0. The van der Waals surface area contributed by atoms with E-state index in [1.165, 1.54) is 0 Å². The molecule has 1 amide bonds. The van der Waals surface area contributed by atoms with Crippen LogP contribution in [0.3, 0.4) is 0 Å². The number of ether oxygens (including phenoxy) is 1. The van der Waals surface area contributed by atoms with Gasteiger partial charge in [-0.25, -0.2) is 4.98 Å². The molecule has 0 atom stereocenters. The van der Waals surface area contributed by atoms with E-state index in [0.29, 0.717) is 16.9 Å². The highest BCUT2D eigenvalue weighted by atomic mass is 16.5. The summed E-state index contributed by atoms with van der Waals surface area (Å²) >= 11 is 0. The molecule has 2 aliphatic rings. The molecule has 8 nitrogen and oxygen atoms in total. The Morgan fingerprint density at radius 1 is 1.21 bits per heavy atom. The molecule has 148 valence electrons. The summed E-state index contributed by atoms with van der Waals surface area (Å²) < 4.78 is 7.43. The van der Waals surface area contributed by atoms with Gasteiger partial charge in [-0.3, -0.25) is 14.3 Å². The van der Waals surface area contributed by atoms with Crippen molar-refractivity contribution in [3.63, 3.8) is 0 Å². The van der Waals surface area contributed by atoms with Gasteiger partial charge in [0.15, 0.2) is 0 Å². The van der Waals surface area contributed by atoms with Gasteiger partial charge >= 0.3 is 0 Å². The number of amides is 1. The molecular formula is C21H22N6O2. The zero-order chi connectivity index (χ0) is 19.8. The van der Waals surface area contributed by atoms with Crippen LogP contribution in [0.4, 0.5) is 11.5 Å². The van der Waals surface area contributed by atoms with Gasteiger partial charge < -0.3 is 15.0 Å². The van der Waals surface area contributed by atoms with E-state index < -0.39 is 0 Å². The van der Waals surface area contributed by atoms with E-state index in [4.69, 9.17) is 9.72 Å². The molecule has 29 heavy (non-hydrogen) atoms. The molecule has 4 heterocycles. The van der Waals surface area contributed by atoms with Crippen molar-refractivity contribution in [1.29, 1.82) is 0 Å². The van der Waals surface area contributed by atoms with Gasteiger partial charge in [-0.15, -0.1) is 0 Å². The summed E-state index contributed by atoms with van der Waals surface area (Å²) in [5, 5.41) is 4.44. The number of carbonyl (C=O) groups is 1. The Hall–Kier alpha value is -3.26. The third-order valence-electron chi connectivity index (χ3n) is 5.41. The minimum absolute atomic E-state index is 0.326. The van der Waals surface area contributed by atoms with E-state index >= 15 is 0 Å². The molecule has 0 spiro atoms. The van der Waals surface area contributed by atoms with E-state index in [9.17, 15) is 4.79 Å². The first-order valence-corrected chi connectivity index (χ1v) is 9.82. The lowest BCUT2D eigenvalue weighted by molar-refractivity contribution is 0.0995. The molecule has 5 rings (SSSR count). The highest BCUT2D eigenvalue weighted by Crippen LogP contribution is 2.27. The summed E-state index contributed by atoms with van der Waals surface area (Å²) in [6, 6.07) is 9.78. The highest BCUT2D eigenvalue weighted by Gasteiger charge is 2.18. The smallest absolute Gasteiger partial charge is 0.282 e. The lowest BCUT2D eigenvalue weighted by Crippen LogP contribution is -2.36. The van der Waals surface area contributed by atoms with Crippen LogP contribution in [0, 0.1) is 6.92 Å². The molecular weight excluding hydrogens is 368 g/mol. The Morgan fingerprint density at radius 2 is 2.07 bits per heavy atom. The van der Waals surface area contributed by atoms with Gasteiger partial charge in [-0.2, -0.15) is 4.99 Å². The average Bonchev–Trinajstić information content (AvgIpc) is 3.25. The van der Waals surface area contributed by atoms with Crippen LogP contribution < -0.4 is 15.8 Å². The third-order valence-corrected chi connectivity index (χ3v) is 5.41. The van der Waals surface area contributed by atoms with Crippen molar-refractivity contribution in [1.82, 2.24) is 14.5 Å². The highest BCUT2D eigenvalue weighted by molar-refractivity contribution is 5.96. The van der Waals surface area contributed by atoms with Crippen LogP contribution in [0.15, 0.2) is 41.5 Å². The fourth-order valence-corrected chi connectivity index (χ4v) is 3.88. The Labute approximate surface area is 167 Å². The Kier molecular flexibility index (Phi) is 4.48. The lowest BCUT2D eigenvalue weighted by atomic mass is 10.2. The van der Waals surface area contributed by atoms with E-state index in [1.54, 1.807) is 18.3 Å². The molecule has 8 heteroatoms. The molecule has 0 unspecified atom stereocenters. The Bertz CT molecular complexity index is 1160. The summed E-state index contributed by atoms with van der Waals surface area (Å²) in [6.45, 7) is 6.50. The first-order valence-electron chi connectivity index (χ1n) is 9.82. The largest absolute Gasteiger partial charge is 0.378 e. The average molecular weight is 390 g/mol. The van der Waals surface area contributed by atoms with Crippen LogP contribution in [-0.4, -0.2) is 53.3 Å². The van der Waals surface area contributed by atoms with E-state index in [0.717, 1.165) is 61.8 Å². The number of benzene rings is 1.